The van der Waals surface area contributed by atoms with E-state index in [4.69, 9.17) is 5.14 Å². The summed E-state index contributed by atoms with van der Waals surface area (Å²) in [6.07, 6.45) is 0. The van der Waals surface area contributed by atoms with Crippen molar-refractivity contribution in [1.82, 2.24) is 5.32 Å². The van der Waals surface area contributed by atoms with Crippen molar-refractivity contribution < 1.29 is 18.0 Å². The van der Waals surface area contributed by atoms with Gasteiger partial charge in [-0.1, -0.05) is 12.1 Å². The van der Waals surface area contributed by atoms with Gasteiger partial charge in [-0.05, 0) is 23.6 Å². The minimum Gasteiger partial charge on any atom is -0.288 e. The molecule has 1 aliphatic heterocycles. The topological polar surface area (TPSA) is 106 Å². The van der Waals surface area contributed by atoms with Gasteiger partial charge in [0.2, 0.25) is 10.0 Å². The van der Waals surface area contributed by atoms with Gasteiger partial charge in [-0.2, -0.15) is 0 Å². The van der Waals surface area contributed by atoms with Gasteiger partial charge in [0.15, 0.2) is 0 Å². The molecule has 3 N–H and O–H groups in total. The number of carbonyl (C=O) groups excluding carboxylic acids is 2. The van der Waals surface area contributed by atoms with Crippen LogP contribution in [0, 0.1) is 0 Å². The second-order valence-electron chi connectivity index (χ2n) is 4.20. The Morgan fingerprint density at radius 2 is 1.68 bits per heavy atom. The minimum absolute atomic E-state index is 0.136. The lowest BCUT2D eigenvalue weighted by atomic mass is 9.95. The summed E-state index contributed by atoms with van der Waals surface area (Å²) in [5.74, 6) is -1.12. The molecule has 1 aliphatic rings. The van der Waals surface area contributed by atoms with Crippen LogP contribution >= 0.6 is 0 Å². The molecule has 0 aromatic heterocycles. The van der Waals surface area contributed by atoms with Crippen molar-refractivity contribution in [1.29, 1.82) is 0 Å². The molecule has 0 atom stereocenters. The fourth-order valence-electron chi connectivity index (χ4n) is 2.17. The molecule has 0 saturated heterocycles. The fourth-order valence-corrected chi connectivity index (χ4v) is 2.74. The molecule has 1 heterocycles. The van der Waals surface area contributed by atoms with Crippen LogP contribution in [0.15, 0.2) is 35.2 Å². The molecule has 3 rings (SSSR count). The van der Waals surface area contributed by atoms with Crippen molar-refractivity contribution >= 4 is 32.6 Å². The van der Waals surface area contributed by atoms with Crippen LogP contribution in [0.5, 0.6) is 0 Å². The number of primary sulfonamides is 1. The lowest BCUT2D eigenvalue weighted by Gasteiger charge is -2.17. The molecule has 19 heavy (non-hydrogen) atoms. The van der Waals surface area contributed by atoms with Crippen LogP contribution in [0.1, 0.15) is 20.7 Å². The fraction of sp³-hybridized carbons (Fsp3) is 0. The maximum absolute atomic E-state index is 11.8. The summed E-state index contributed by atoms with van der Waals surface area (Å²) in [6.45, 7) is 0. The lowest BCUT2D eigenvalue weighted by molar-refractivity contribution is 0.0845. The molecule has 96 valence electrons. The smallest absolute Gasteiger partial charge is 0.258 e. The van der Waals surface area contributed by atoms with E-state index in [-0.39, 0.29) is 10.5 Å². The molecule has 0 bridgehead atoms. The summed E-state index contributed by atoms with van der Waals surface area (Å²) in [4.78, 5) is 23.3. The number of rotatable bonds is 1. The predicted molar refractivity (Wildman–Crippen MR) is 67.1 cm³/mol. The molecule has 0 radical (unpaired) electrons. The Balaban J connectivity index is 2.51. The first-order chi connectivity index (χ1) is 8.88. The molecule has 0 aliphatic carbocycles. The molecule has 6 nitrogen and oxygen atoms in total. The predicted octanol–water partition coefficient (Wildman–Crippen LogP) is 0.371. The molecule has 0 fully saturated rings. The van der Waals surface area contributed by atoms with Gasteiger partial charge in [-0.25, -0.2) is 13.6 Å². The first-order valence-corrected chi connectivity index (χ1v) is 6.88. The standard InChI is InChI=1S/C12H8N2O4S/c13-19(17,18)7-4-6-2-1-3-8-10(6)9(5-7)12(16)14-11(8)15/h1-5H,(H2,13,17,18)(H,14,15,16). The summed E-state index contributed by atoms with van der Waals surface area (Å²) in [6, 6.07) is 7.35. The third-order valence-corrected chi connectivity index (χ3v) is 3.89. The number of hydrogen-bond acceptors (Lipinski definition) is 4. The maximum atomic E-state index is 11.8. The number of nitrogens with two attached hydrogens (primary N) is 1. The van der Waals surface area contributed by atoms with E-state index < -0.39 is 21.8 Å². The van der Waals surface area contributed by atoms with Gasteiger partial charge in [0, 0.05) is 16.5 Å². The largest absolute Gasteiger partial charge is 0.288 e. The zero-order valence-electron chi connectivity index (χ0n) is 9.51. The van der Waals surface area contributed by atoms with Crippen molar-refractivity contribution in [2.24, 2.45) is 5.14 Å². The molecule has 2 aromatic carbocycles. The van der Waals surface area contributed by atoms with Crippen LogP contribution in [0.4, 0.5) is 0 Å². The Morgan fingerprint density at radius 3 is 2.37 bits per heavy atom. The molecule has 2 aromatic rings. The van der Waals surface area contributed by atoms with Crippen molar-refractivity contribution in [3.05, 3.63) is 41.5 Å². The number of amides is 2. The van der Waals surface area contributed by atoms with Crippen molar-refractivity contribution in [2.75, 3.05) is 0 Å². The second kappa shape index (κ2) is 3.62. The number of hydrogen-bond donors (Lipinski definition) is 2. The average molecular weight is 276 g/mol. The molecular formula is C12H8N2O4S. The van der Waals surface area contributed by atoms with Gasteiger partial charge in [0.1, 0.15) is 0 Å². The van der Waals surface area contributed by atoms with Crippen LogP contribution in [-0.2, 0) is 10.0 Å². The normalized spacial score (nSPS) is 14.6. The van der Waals surface area contributed by atoms with Crippen molar-refractivity contribution in [3.8, 4) is 0 Å². The van der Waals surface area contributed by atoms with E-state index in [9.17, 15) is 18.0 Å². The van der Waals surface area contributed by atoms with E-state index in [1.54, 1.807) is 18.2 Å². The Kier molecular flexibility index (Phi) is 2.25. The first-order valence-electron chi connectivity index (χ1n) is 5.33. The van der Waals surface area contributed by atoms with Gasteiger partial charge in [-0.15, -0.1) is 0 Å². The quantitative estimate of drug-likeness (QED) is 0.734. The summed E-state index contributed by atoms with van der Waals surface area (Å²) in [7, 11) is -3.92. The van der Waals surface area contributed by atoms with Crippen LogP contribution in [-0.4, -0.2) is 20.2 Å². The van der Waals surface area contributed by atoms with Gasteiger partial charge < -0.3 is 0 Å². The zero-order valence-corrected chi connectivity index (χ0v) is 10.3. The van der Waals surface area contributed by atoms with E-state index in [0.717, 1.165) is 0 Å². The highest BCUT2D eigenvalue weighted by molar-refractivity contribution is 7.89. The zero-order chi connectivity index (χ0) is 13.8. The van der Waals surface area contributed by atoms with Crippen LogP contribution in [0.2, 0.25) is 0 Å². The highest BCUT2D eigenvalue weighted by Gasteiger charge is 2.26. The molecule has 0 spiro atoms. The number of nitrogens with one attached hydrogen (secondary N) is 1. The van der Waals surface area contributed by atoms with E-state index in [0.29, 0.717) is 16.3 Å². The Labute approximate surface area is 108 Å². The third-order valence-electron chi connectivity index (χ3n) is 3.00. The number of benzene rings is 2. The van der Waals surface area contributed by atoms with Crippen LogP contribution in [0.25, 0.3) is 10.8 Å². The maximum Gasteiger partial charge on any atom is 0.258 e. The molecule has 7 heteroatoms. The first kappa shape index (κ1) is 11.8. The lowest BCUT2D eigenvalue weighted by Crippen LogP contribution is -2.34. The highest BCUT2D eigenvalue weighted by atomic mass is 32.2. The monoisotopic (exact) mass is 276 g/mol. The Hall–Kier alpha value is -2.25. The number of sulfonamides is 1. The second-order valence-corrected chi connectivity index (χ2v) is 5.76. The third kappa shape index (κ3) is 1.71. The van der Waals surface area contributed by atoms with Gasteiger partial charge in [0.25, 0.3) is 11.8 Å². The average Bonchev–Trinajstić information content (AvgIpc) is 2.34. The van der Waals surface area contributed by atoms with Crippen molar-refractivity contribution in [3.63, 3.8) is 0 Å². The van der Waals surface area contributed by atoms with Crippen LogP contribution < -0.4 is 10.5 Å². The summed E-state index contributed by atoms with van der Waals surface area (Å²) < 4.78 is 22.8. The summed E-state index contributed by atoms with van der Waals surface area (Å²) in [5, 5.41) is 8.17. The number of imide groups is 1. The highest BCUT2D eigenvalue weighted by Crippen LogP contribution is 2.29. The van der Waals surface area contributed by atoms with Crippen molar-refractivity contribution in [2.45, 2.75) is 4.90 Å². The molecule has 0 saturated carbocycles. The Morgan fingerprint density at radius 1 is 1.00 bits per heavy atom. The SMILES string of the molecule is NS(=O)(=O)c1cc2c3c(cccc3c1)C(=O)NC2=O. The van der Waals surface area contributed by atoms with E-state index in [1.165, 1.54) is 12.1 Å². The molecule has 0 unspecified atom stereocenters. The molecular weight excluding hydrogens is 268 g/mol. The molecule has 2 amide bonds. The van der Waals surface area contributed by atoms with Gasteiger partial charge >= 0.3 is 0 Å². The summed E-state index contributed by atoms with van der Waals surface area (Å²) in [5.41, 5.74) is 0.477. The van der Waals surface area contributed by atoms with E-state index in [1.807, 2.05) is 0 Å². The van der Waals surface area contributed by atoms with E-state index >= 15 is 0 Å². The minimum atomic E-state index is -3.92. The number of carbonyl (C=O) groups is 2. The van der Waals surface area contributed by atoms with Gasteiger partial charge in [0.05, 0.1) is 4.90 Å². The summed E-state index contributed by atoms with van der Waals surface area (Å²) >= 11 is 0. The Bertz CT molecular complexity index is 855. The van der Waals surface area contributed by atoms with Gasteiger partial charge in [-0.3, -0.25) is 14.9 Å². The van der Waals surface area contributed by atoms with E-state index in [2.05, 4.69) is 5.32 Å². The van der Waals surface area contributed by atoms with Crippen LogP contribution in [0.3, 0.4) is 0 Å².